The third-order valence-corrected chi connectivity index (χ3v) is 5.29. The first-order valence-electron chi connectivity index (χ1n) is 8.75. The number of carbonyl (C=O) groups excluding carboxylic acids is 1. The summed E-state index contributed by atoms with van der Waals surface area (Å²) in [5.74, 6) is 0.0383. The summed E-state index contributed by atoms with van der Waals surface area (Å²) < 4.78 is 11.0. The minimum Gasteiger partial charge on any atom is -0.497 e. The van der Waals surface area contributed by atoms with Crippen LogP contribution >= 0.6 is 0 Å². The molecule has 0 saturated carbocycles. The SMILES string of the molecule is COc1cccc(C2=C(C#N)[C@]3(C(=O)N(C)c4ccccc43)C(C#N)=C(N)O2)c1. The van der Waals surface area contributed by atoms with Crippen LogP contribution in [0.25, 0.3) is 5.76 Å². The lowest BCUT2D eigenvalue weighted by atomic mass is 9.68. The van der Waals surface area contributed by atoms with Crippen molar-refractivity contribution in [3.63, 3.8) is 0 Å². The van der Waals surface area contributed by atoms with Crippen LogP contribution in [0, 0.1) is 22.7 Å². The Morgan fingerprint density at radius 2 is 1.83 bits per heavy atom. The molecule has 0 fully saturated rings. The molecule has 2 aliphatic rings. The molecule has 0 unspecified atom stereocenters. The summed E-state index contributed by atoms with van der Waals surface area (Å²) in [5.41, 5.74) is 6.02. The molecular formula is C22H16N4O3. The van der Waals surface area contributed by atoms with Crippen molar-refractivity contribution in [1.82, 2.24) is 0 Å². The van der Waals surface area contributed by atoms with Gasteiger partial charge in [-0.3, -0.25) is 4.79 Å². The molecule has 0 radical (unpaired) electrons. The van der Waals surface area contributed by atoms with Crippen LogP contribution in [0.4, 0.5) is 5.69 Å². The first-order chi connectivity index (χ1) is 14.0. The van der Waals surface area contributed by atoms with Crippen LogP contribution in [0.1, 0.15) is 11.1 Å². The van der Waals surface area contributed by atoms with Crippen molar-refractivity contribution in [2.45, 2.75) is 5.41 Å². The molecule has 2 aromatic rings. The third kappa shape index (κ3) is 2.25. The molecule has 0 aliphatic carbocycles. The second kappa shape index (κ2) is 6.43. The normalized spacial score (nSPS) is 20.3. The Balaban J connectivity index is 2.12. The van der Waals surface area contributed by atoms with E-state index >= 15 is 0 Å². The van der Waals surface area contributed by atoms with E-state index in [1.54, 1.807) is 55.6 Å². The fourth-order valence-corrected chi connectivity index (χ4v) is 3.98. The van der Waals surface area contributed by atoms with Gasteiger partial charge in [-0.2, -0.15) is 10.5 Å². The molecule has 1 amide bonds. The Morgan fingerprint density at radius 3 is 2.52 bits per heavy atom. The van der Waals surface area contributed by atoms with E-state index in [1.165, 1.54) is 12.0 Å². The summed E-state index contributed by atoms with van der Waals surface area (Å²) in [7, 11) is 3.13. The molecule has 142 valence electrons. The number of carbonyl (C=O) groups is 1. The number of para-hydroxylation sites is 1. The largest absolute Gasteiger partial charge is 0.497 e. The van der Waals surface area contributed by atoms with Crippen LogP contribution in [-0.4, -0.2) is 20.1 Å². The van der Waals surface area contributed by atoms with Gasteiger partial charge in [0.1, 0.15) is 23.5 Å². The Morgan fingerprint density at radius 1 is 1.10 bits per heavy atom. The smallest absolute Gasteiger partial charge is 0.248 e. The monoisotopic (exact) mass is 384 g/mol. The highest BCUT2D eigenvalue weighted by Crippen LogP contribution is 2.54. The van der Waals surface area contributed by atoms with Crippen molar-refractivity contribution in [2.24, 2.45) is 5.73 Å². The zero-order chi connectivity index (χ0) is 20.8. The maximum Gasteiger partial charge on any atom is 0.248 e. The molecule has 1 atom stereocenters. The van der Waals surface area contributed by atoms with Gasteiger partial charge in [-0.25, -0.2) is 0 Å². The van der Waals surface area contributed by atoms with Gasteiger partial charge in [0.05, 0.1) is 12.7 Å². The van der Waals surface area contributed by atoms with Crippen molar-refractivity contribution in [3.05, 3.63) is 76.7 Å². The van der Waals surface area contributed by atoms with Crippen LogP contribution in [0.15, 0.2) is 65.6 Å². The molecule has 7 heteroatoms. The number of fused-ring (bicyclic) bond motifs is 2. The van der Waals surface area contributed by atoms with Crippen molar-refractivity contribution in [1.29, 1.82) is 10.5 Å². The molecular weight excluding hydrogens is 368 g/mol. The van der Waals surface area contributed by atoms with Gasteiger partial charge in [-0.15, -0.1) is 0 Å². The number of ether oxygens (including phenoxy) is 2. The highest BCUT2D eigenvalue weighted by Gasteiger charge is 2.60. The Labute approximate surface area is 167 Å². The second-order valence-electron chi connectivity index (χ2n) is 6.63. The van der Waals surface area contributed by atoms with Crippen molar-refractivity contribution in [3.8, 4) is 17.9 Å². The first kappa shape index (κ1) is 18.1. The van der Waals surface area contributed by atoms with Crippen LogP contribution in [0.2, 0.25) is 0 Å². The maximum atomic E-state index is 13.5. The maximum absolute atomic E-state index is 13.5. The summed E-state index contributed by atoms with van der Waals surface area (Å²) >= 11 is 0. The Bertz CT molecular complexity index is 1200. The topological polar surface area (TPSA) is 112 Å². The fourth-order valence-electron chi connectivity index (χ4n) is 3.98. The Hall–Kier alpha value is -4.23. The van der Waals surface area contributed by atoms with E-state index in [2.05, 4.69) is 6.07 Å². The van der Waals surface area contributed by atoms with E-state index < -0.39 is 11.3 Å². The predicted octanol–water partition coefficient (Wildman–Crippen LogP) is 2.57. The summed E-state index contributed by atoms with van der Waals surface area (Å²) in [6.45, 7) is 0. The summed E-state index contributed by atoms with van der Waals surface area (Å²) in [4.78, 5) is 15.0. The number of rotatable bonds is 2. The van der Waals surface area contributed by atoms with Crippen molar-refractivity contribution < 1.29 is 14.3 Å². The van der Waals surface area contributed by atoms with Crippen LogP contribution in [-0.2, 0) is 14.9 Å². The van der Waals surface area contributed by atoms with Gasteiger partial charge in [0.15, 0.2) is 11.2 Å². The molecule has 2 N–H and O–H groups in total. The average molecular weight is 384 g/mol. The van der Waals surface area contributed by atoms with Gasteiger partial charge in [0.25, 0.3) is 0 Å². The van der Waals surface area contributed by atoms with E-state index in [4.69, 9.17) is 15.2 Å². The first-order valence-corrected chi connectivity index (χ1v) is 8.75. The van der Waals surface area contributed by atoms with Gasteiger partial charge in [-0.1, -0.05) is 30.3 Å². The average Bonchev–Trinajstić information content (AvgIpc) is 2.97. The number of nitrogens with two attached hydrogens (primary N) is 1. The zero-order valence-electron chi connectivity index (χ0n) is 15.8. The van der Waals surface area contributed by atoms with E-state index in [0.717, 1.165) is 0 Å². The lowest BCUT2D eigenvalue weighted by Crippen LogP contribution is -2.45. The van der Waals surface area contributed by atoms with E-state index in [1.807, 2.05) is 6.07 Å². The standard InChI is InChI=1S/C22H16N4O3/c1-26-18-9-4-3-8-15(18)22(21(26)27)16(11-23)19(29-20(25)17(22)12-24)13-6-5-7-14(10-13)28-2/h3-10H,25H2,1-2H3/t22-/m0/s1. The zero-order valence-corrected chi connectivity index (χ0v) is 15.8. The van der Waals surface area contributed by atoms with Gasteiger partial charge in [-0.05, 0) is 18.2 Å². The number of nitriles is 2. The summed E-state index contributed by atoms with van der Waals surface area (Å²) in [6, 6.07) is 18.1. The summed E-state index contributed by atoms with van der Waals surface area (Å²) in [6.07, 6.45) is 0. The van der Waals surface area contributed by atoms with Gasteiger partial charge in [0.2, 0.25) is 11.8 Å². The number of hydrogen-bond donors (Lipinski definition) is 1. The fraction of sp³-hybridized carbons (Fsp3) is 0.136. The Kier molecular flexibility index (Phi) is 4.03. The third-order valence-electron chi connectivity index (χ3n) is 5.29. The number of methoxy groups -OCH3 is 1. The molecule has 4 rings (SSSR count). The minimum atomic E-state index is -1.66. The van der Waals surface area contributed by atoms with E-state index in [9.17, 15) is 15.3 Å². The molecule has 7 nitrogen and oxygen atoms in total. The molecule has 2 heterocycles. The minimum absolute atomic E-state index is 0.0123. The number of likely N-dealkylation sites (N-methyl/N-ethyl adjacent to an activating group) is 1. The number of hydrogen-bond acceptors (Lipinski definition) is 6. The van der Waals surface area contributed by atoms with Gasteiger partial charge >= 0.3 is 0 Å². The van der Waals surface area contributed by atoms with Crippen molar-refractivity contribution >= 4 is 17.4 Å². The molecule has 29 heavy (non-hydrogen) atoms. The highest BCUT2D eigenvalue weighted by molar-refractivity contribution is 6.15. The second-order valence-corrected chi connectivity index (χ2v) is 6.63. The number of amides is 1. The van der Waals surface area contributed by atoms with Crippen LogP contribution < -0.4 is 15.4 Å². The molecule has 1 spiro atoms. The van der Waals surface area contributed by atoms with Crippen LogP contribution in [0.5, 0.6) is 5.75 Å². The molecule has 0 aromatic heterocycles. The number of anilines is 1. The van der Waals surface area contributed by atoms with E-state index in [-0.39, 0.29) is 22.8 Å². The van der Waals surface area contributed by atoms with E-state index in [0.29, 0.717) is 22.6 Å². The number of benzene rings is 2. The van der Waals surface area contributed by atoms with Gasteiger partial charge in [0, 0.05) is 23.9 Å². The molecule has 2 aromatic carbocycles. The van der Waals surface area contributed by atoms with Crippen molar-refractivity contribution in [2.75, 3.05) is 19.1 Å². The highest BCUT2D eigenvalue weighted by atomic mass is 16.5. The van der Waals surface area contributed by atoms with Crippen LogP contribution in [0.3, 0.4) is 0 Å². The lowest BCUT2D eigenvalue weighted by Gasteiger charge is -2.33. The number of nitrogens with zero attached hydrogens (tertiary/aromatic N) is 3. The lowest BCUT2D eigenvalue weighted by molar-refractivity contribution is -0.120. The predicted molar refractivity (Wildman–Crippen MR) is 105 cm³/mol. The quantitative estimate of drug-likeness (QED) is 0.851. The molecule has 0 bridgehead atoms. The summed E-state index contributed by atoms with van der Waals surface area (Å²) in [5, 5.41) is 20.0. The van der Waals surface area contributed by atoms with Gasteiger partial charge < -0.3 is 20.1 Å². The molecule has 0 saturated heterocycles. The molecule has 2 aliphatic heterocycles.